The van der Waals surface area contributed by atoms with Crippen LogP contribution in [-0.2, 0) is 12.8 Å². The summed E-state index contributed by atoms with van der Waals surface area (Å²) in [4.78, 5) is 0. The smallest absolute Gasteiger partial charge is 0.126 e. The van der Waals surface area contributed by atoms with Crippen molar-refractivity contribution < 1.29 is 4.39 Å². The number of benzene rings is 1. The average molecular weight is 150 g/mol. The van der Waals surface area contributed by atoms with E-state index >= 15 is 0 Å². The molecule has 1 aliphatic carbocycles. The van der Waals surface area contributed by atoms with E-state index in [9.17, 15) is 4.39 Å². The zero-order chi connectivity index (χ0) is 7.84. The first kappa shape index (κ1) is 6.84. The molecule has 0 nitrogen and oxygen atoms in total. The normalized spacial score (nSPS) is 15.1. The van der Waals surface area contributed by atoms with Gasteiger partial charge in [-0.25, -0.2) is 4.39 Å². The van der Waals surface area contributed by atoms with Gasteiger partial charge >= 0.3 is 0 Å². The van der Waals surface area contributed by atoms with Crippen LogP contribution in [0, 0.1) is 12.7 Å². The van der Waals surface area contributed by atoms with E-state index in [0.29, 0.717) is 0 Å². The maximum absolute atomic E-state index is 13.0. The van der Waals surface area contributed by atoms with Gasteiger partial charge in [0, 0.05) is 0 Å². The van der Waals surface area contributed by atoms with E-state index in [1.165, 1.54) is 17.5 Å². The highest BCUT2D eigenvalue weighted by atomic mass is 19.1. The zero-order valence-corrected chi connectivity index (χ0v) is 6.65. The highest BCUT2D eigenvalue weighted by Crippen LogP contribution is 2.24. The standard InChI is InChI=1S/C10H11F/c1-7-5-8-3-2-4-9(8)6-10(7)11/h5-6H,2-4H2,1H3. The number of fused-ring (bicyclic) bond motifs is 1. The summed E-state index contributed by atoms with van der Waals surface area (Å²) in [6.07, 6.45) is 3.39. The van der Waals surface area contributed by atoms with E-state index in [0.717, 1.165) is 18.4 Å². The second kappa shape index (κ2) is 2.33. The molecule has 0 amide bonds. The number of hydrogen-bond acceptors (Lipinski definition) is 0. The molecule has 0 atom stereocenters. The predicted molar refractivity (Wildman–Crippen MR) is 43.2 cm³/mol. The molecule has 1 heteroatoms. The lowest BCUT2D eigenvalue weighted by Gasteiger charge is -2.01. The number of rotatable bonds is 0. The zero-order valence-electron chi connectivity index (χ0n) is 6.65. The van der Waals surface area contributed by atoms with E-state index in [-0.39, 0.29) is 5.82 Å². The fourth-order valence-electron chi connectivity index (χ4n) is 1.72. The van der Waals surface area contributed by atoms with Gasteiger partial charge in [-0.1, -0.05) is 6.07 Å². The topological polar surface area (TPSA) is 0 Å². The third-order valence-corrected chi connectivity index (χ3v) is 2.37. The van der Waals surface area contributed by atoms with Gasteiger partial charge in [-0.2, -0.15) is 0 Å². The molecule has 0 heterocycles. The molecule has 0 unspecified atom stereocenters. The van der Waals surface area contributed by atoms with Crippen LogP contribution in [0.15, 0.2) is 12.1 Å². The van der Waals surface area contributed by atoms with Crippen LogP contribution in [0.25, 0.3) is 0 Å². The van der Waals surface area contributed by atoms with E-state index in [1.54, 1.807) is 6.07 Å². The second-order valence-electron chi connectivity index (χ2n) is 3.22. The minimum Gasteiger partial charge on any atom is -0.207 e. The SMILES string of the molecule is Cc1cc2c(cc1F)CCC2. The molecule has 11 heavy (non-hydrogen) atoms. The van der Waals surface area contributed by atoms with Crippen molar-refractivity contribution in [2.75, 3.05) is 0 Å². The molecule has 0 aliphatic heterocycles. The molecule has 1 aromatic carbocycles. The summed E-state index contributed by atoms with van der Waals surface area (Å²) in [6, 6.07) is 3.68. The Balaban J connectivity index is 2.57. The van der Waals surface area contributed by atoms with Crippen molar-refractivity contribution in [3.63, 3.8) is 0 Å². The van der Waals surface area contributed by atoms with Gasteiger partial charge in [0.1, 0.15) is 5.82 Å². The largest absolute Gasteiger partial charge is 0.207 e. The molecule has 0 saturated carbocycles. The molecule has 0 spiro atoms. The van der Waals surface area contributed by atoms with Gasteiger partial charge in [0.2, 0.25) is 0 Å². The third kappa shape index (κ3) is 1.05. The van der Waals surface area contributed by atoms with Crippen LogP contribution in [0.1, 0.15) is 23.1 Å². The summed E-state index contributed by atoms with van der Waals surface area (Å²) >= 11 is 0. The van der Waals surface area contributed by atoms with Crippen LogP contribution < -0.4 is 0 Å². The van der Waals surface area contributed by atoms with Crippen LogP contribution in [-0.4, -0.2) is 0 Å². The monoisotopic (exact) mass is 150 g/mol. The van der Waals surface area contributed by atoms with Gasteiger partial charge in [0.05, 0.1) is 0 Å². The Labute approximate surface area is 66.1 Å². The predicted octanol–water partition coefficient (Wildman–Crippen LogP) is 2.62. The van der Waals surface area contributed by atoms with E-state index in [2.05, 4.69) is 0 Å². The fourth-order valence-corrected chi connectivity index (χ4v) is 1.72. The number of aryl methyl sites for hydroxylation is 3. The minimum absolute atomic E-state index is 0.0503. The highest BCUT2D eigenvalue weighted by molar-refractivity contribution is 5.35. The summed E-state index contributed by atoms with van der Waals surface area (Å²) in [6.45, 7) is 1.83. The first-order chi connectivity index (χ1) is 5.27. The molecule has 0 saturated heterocycles. The molecule has 0 radical (unpaired) electrons. The summed E-state index contributed by atoms with van der Waals surface area (Å²) in [5.41, 5.74) is 3.35. The number of halogens is 1. The second-order valence-corrected chi connectivity index (χ2v) is 3.22. The van der Waals surface area contributed by atoms with Gasteiger partial charge in [0.15, 0.2) is 0 Å². The highest BCUT2D eigenvalue weighted by Gasteiger charge is 2.12. The maximum atomic E-state index is 13.0. The molecule has 1 aliphatic rings. The maximum Gasteiger partial charge on any atom is 0.126 e. The number of hydrogen-bond donors (Lipinski definition) is 0. The average Bonchev–Trinajstić information content (AvgIpc) is 2.36. The lowest BCUT2D eigenvalue weighted by atomic mass is 10.1. The summed E-state index contributed by atoms with van der Waals surface area (Å²) < 4.78 is 13.0. The van der Waals surface area contributed by atoms with Crippen LogP contribution >= 0.6 is 0 Å². The Morgan fingerprint density at radius 3 is 2.55 bits per heavy atom. The molecule has 0 N–H and O–H groups in total. The van der Waals surface area contributed by atoms with Crippen molar-refractivity contribution in [3.8, 4) is 0 Å². The van der Waals surface area contributed by atoms with Crippen molar-refractivity contribution >= 4 is 0 Å². The minimum atomic E-state index is -0.0503. The van der Waals surface area contributed by atoms with Crippen LogP contribution in [0.2, 0.25) is 0 Å². The van der Waals surface area contributed by atoms with Crippen LogP contribution in [0.3, 0.4) is 0 Å². The van der Waals surface area contributed by atoms with Gasteiger partial charge < -0.3 is 0 Å². The van der Waals surface area contributed by atoms with Gasteiger partial charge in [-0.15, -0.1) is 0 Å². The Kier molecular flexibility index (Phi) is 1.45. The molecular formula is C10H11F. The van der Waals surface area contributed by atoms with Crippen molar-refractivity contribution in [1.82, 2.24) is 0 Å². The van der Waals surface area contributed by atoms with Crippen molar-refractivity contribution in [1.29, 1.82) is 0 Å². The Hall–Kier alpha value is -0.850. The van der Waals surface area contributed by atoms with Gasteiger partial charge in [-0.3, -0.25) is 0 Å². The Morgan fingerprint density at radius 1 is 1.18 bits per heavy atom. The van der Waals surface area contributed by atoms with Crippen molar-refractivity contribution in [3.05, 3.63) is 34.6 Å². The molecule has 0 aromatic heterocycles. The molecule has 1 aromatic rings. The van der Waals surface area contributed by atoms with E-state index in [4.69, 9.17) is 0 Å². The molecule has 2 rings (SSSR count). The molecule has 0 bridgehead atoms. The Morgan fingerprint density at radius 2 is 1.82 bits per heavy atom. The first-order valence-electron chi connectivity index (χ1n) is 4.05. The van der Waals surface area contributed by atoms with E-state index in [1.807, 2.05) is 13.0 Å². The first-order valence-corrected chi connectivity index (χ1v) is 4.05. The van der Waals surface area contributed by atoms with Crippen LogP contribution in [0.4, 0.5) is 4.39 Å². The van der Waals surface area contributed by atoms with Gasteiger partial charge in [-0.05, 0) is 48.9 Å². The Bertz CT molecular complexity index is 260. The summed E-state index contributed by atoms with van der Waals surface area (Å²) in [7, 11) is 0. The fraction of sp³-hybridized carbons (Fsp3) is 0.400. The van der Waals surface area contributed by atoms with Crippen molar-refractivity contribution in [2.24, 2.45) is 0 Å². The third-order valence-electron chi connectivity index (χ3n) is 2.37. The van der Waals surface area contributed by atoms with Crippen LogP contribution in [0.5, 0.6) is 0 Å². The summed E-state index contributed by atoms with van der Waals surface area (Å²) in [5, 5.41) is 0. The lowest BCUT2D eigenvalue weighted by Crippen LogP contribution is -1.88. The van der Waals surface area contributed by atoms with Crippen molar-refractivity contribution in [2.45, 2.75) is 26.2 Å². The molecule has 58 valence electrons. The lowest BCUT2D eigenvalue weighted by molar-refractivity contribution is 0.616. The molecular weight excluding hydrogens is 139 g/mol. The van der Waals surface area contributed by atoms with Gasteiger partial charge in [0.25, 0.3) is 0 Å². The molecule has 0 fully saturated rings. The summed E-state index contributed by atoms with van der Waals surface area (Å²) in [5.74, 6) is -0.0503. The quantitative estimate of drug-likeness (QED) is 0.533. The van der Waals surface area contributed by atoms with E-state index < -0.39 is 0 Å².